The zero-order chi connectivity index (χ0) is 10.6. The van der Waals surface area contributed by atoms with E-state index < -0.39 is 11.2 Å². The fourth-order valence-electron chi connectivity index (χ4n) is 4.77. The number of carboxylic acids is 1. The van der Waals surface area contributed by atoms with E-state index in [0.29, 0.717) is 0 Å². The molecule has 0 aromatic rings. The molecule has 0 aromatic carbocycles. The average Bonchev–Trinajstić information content (AvgIpc) is 2.14. The first kappa shape index (κ1) is 10.0. The van der Waals surface area contributed by atoms with E-state index in [2.05, 4.69) is 12.6 Å². The summed E-state index contributed by atoms with van der Waals surface area (Å²) in [5, 5.41) is 8.74. The van der Waals surface area contributed by atoms with Crippen molar-refractivity contribution >= 4 is 18.6 Å². The third-order valence-corrected chi connectivity index (χ3v) is 5.67. The van der Waals surface area contributed by atoms with Gasteiger partial charge in [0.1, 0.15) is 5.25 Å². The Morgan fingerprint density at radius 2 is 1.53 bits per heavy atom. The quantitative estimate of drug-likeness (QED) is 0.710. The molecule has 0 aliphatic heterocycles. The molecule has 0 saturated heterocycles. The molecule has 0 radical (unpaired) electrons. The predicted molar refractivity (Wildman–Crippen MR) is 61.0 cm³/mol. The second-order valence-corrected chi connectivity index (χ2v) is 6.54. The van der Waals surface area contributed by atoms with Crippen LogP contribution in [0.25, 0.3) is 0 Å². The second kappa shape index (κ2) is 3.16. The third kappa shape index (κ3) is 1.42. The van der Waals surface area contributed by atoms with E-state index in [9.17, 15) is 4.79 Å². The van der Waals surface area contributed by atoms with Crippen LogP contribution in [0.3, 0.4) is 0 Å². The van der Waals surface area contributed by atoms with Gasteiger partial charge in [-0.2, -0.15) is 12.6 Å². The van der Waals surface area contributed by atoms with Crippen LogP contribution in [0.5, 0.6) is 0 Å². The summed E-state index contributed by atoms with van der Waals surface area (Å²) < 4.78 is 0. The highest BCUT2D eigenvalue weighted by Crippen LogP contribution is 2.62. The molecule has 0 heterocycles. The lowest BCUT2D eigenvalue weighted by molar-refractivity contribution is -0.143. The van der Waals surface area contributed by atoms with Crippen molar-refractivity contribution in [3.8, 4) is 0 Å². The van der Waals surface area contributed by atoms with Crippen LogP contribution in [0.15, 0.2) is 0 Å². The van der Waals surface area contributed by atoms with E-state index in [1.807, 2.05) is 0 Å². The molecule has 15 heavy (non-hydrogen) atoms. The SMILES string of the molecule is O=C(O)C(S)C12CC3CC(CC(C3)C1)C2. The Hall–Kier alpha value is -0.180. The Morgan fingerprint density at radius 1 is 1.13 bits per heavy atom. The molecule has 4 fully saturated rings. The smallest absolute Gasteiger partial charge is 0.316 e. The first-order valence-electron chi connectivity index (χ1n) is 6.00. The van der Waals surface area contributed by atoms with Crippen molar-refractivity contribution in [3.05, 3.63) is 0 Å². The molecule has 1 N–H and O–H groups in total. The van der Waals surface area contributed by atoms with Crippen molar-refractivity contribution in [3.63, 3.8) is 0 Å². The molecule has 3 heteroatoms. The van der Waals surface area contributed by atoms with Gasteiger partial charge in [0, 0.05) is 0 Å². The summed E-state index contributed by atoms with van der Waals surface area (Å²) in [7, 11) is 0. The molecule has 0 aromatic heterocycles. The molecule has 4 aliphatic rings. The van der Waals surface area contributed by atoms with Gasteiger partial charge < -0.3 is 5.11 Å². The van der Waals surface area contributed by atoms with Gasteiger partial charge in [-0.25, -0.2) is 0 Å². The van der Waals surface area contributed by atoms with Gasteiger partial charge in [0.15, 0.2) is 0 Å². The van der Waals surface area contributed by atoms with Gasteiger partial charge in [-0.15, -0.1) is 0 Å². The lowest BCUT2D eigenvalue weighted by atomic mass is 9.48. The number of aliphatic carboxylic acids is 1. The minimum absolute atomic E-state index is 0.0453. The van der Waals surface area contributed by atoms with Gasteiger partial charge in [0.2, 0.25) is 0 Å². The van der Waals surface area contributed by atoms with Crippen molar-refractivity contribution in [2.24, 2.45) is 23.2 Å². The van der Waals surface area contributed by atoms with Crippen LogP contribution >= 0.6 is 12.6 Å². The predicted octanol–water partition coefficient (Wildman–Crippen LogP) is 2.59. The van der Waals surface area contributed by atoms with Crippen molar-refractivity contribution in [2.45, 2.75) is 43.8 Å². The van der Waals surface area contributed by atoms with Gasteiger partial charge in [-0.1, -0.05) is 0 Å². The van der Waals surface area contributed by atoms with Crippen LogP contribution in [0.2, 0.25) is 0 Å². The highest BCUT2D eigenvalue weighted by molar-refractivity contribution is 7.81. The number of rotatable bonds is 2. The van der Waals surface area contributed by atoms with Crippen LogP contribution in [-0.4, -0.2) is 16.3 Å². The summed E-state index contributed by atoms with van der Waals surface area (Å²) in [5.74, 6) is 1.72. The van der Waals surface area contributed by atoms with E-state index in [1.165, 1.54) is 19.3 Å². The highest BCUT2D eigenvalue weighted by atomic mass is 32.1. The van der Waals surface area contributed by atoms with Crippen molar-refractivity contribution < 1.29 is 9.90 Å². The lowest BCUT2D eigenvalue weighted by Crippen LogP contribution is -2.52. The summed E-state index contributed by atoms with van der Waals surface area (Å²) >= 11 is 4.37. The van der Waals surface area contributed by atoms with E-state index in [-0.39, 0.29) is 5.41 Å². The molecule has 84 valence electrons. The molecule has 0 spiro atoms. The average molecular weight is 226 g/mol. The Morgan fingerprint density at radius 3 is 1.87 bits per heavy atom. The lowest BCUT2D eigenvalue weighted by Gasteiger charge is -2.57. The minimum Gasteiger partial charge on any atom is -0.480 e. The number of hydrogen-bond acceptors (Lipinski definition) is 2. The zero-order valence-electron chi connectivity index (χ0n) is 8.85. The van der Waals surface area contributed by atoms with Gasteiger partial charge in [-0.3, -0.25) is 4.79 Å². The van der Waals surface area contributed by atoms with E-state index in [4.69, 9.17) is 5.11 Å². The normalized spacial score (nSPS) is 49.3. The van der Waals surface area contributed by atoms with Crippen LogP contribution in [0.4, 0.5) is 0 Å². The minimum atomic E-state index is -0.708. The number of carbonyl (C=O) groups is 1. The molecule has 4 rings (SSSR count). The first-order chi connectivity index (χ1) is 7.09. The molecular formula is C12H18O2S. The molecule has 1 atom stereocenters. The summed E-state index contributed by atoms with van der Waals surface area (Å²) in [6.07, 6.45) is 7.45. The Kier molecular flexibility index (Phi) is 2.11. The number of thiol groups is 1. The molecular weight excluding hydrogens is 208 g/mol. The molecule has 4 aliphatic carbocycles. The maximum Gasteiger partial charge on any atom is 0.316 e. The third-order valence-electron chi connectivity index (χ3n) is 4.90. The van der Waals surface area contributed by atoms with Crippen molar-refractivity contribution in [2.75, 3.05) is 0 Å². The molecule has 0 amide bonds. The largest absolute Gasteiger partial charge is 0.480 e. The summed E-state index contributed by atoms with van der Waals surface area (Å²) in [4.78, 5) is 11.1. The fourth-order valence-corrected chi connectivity index (χ4v) is 5.09. The topological polar surface area (TPSA) is 37.3 Å². The molecule has 4 saturated carbocycles. The van der Waals surface area contributed by atoms with Crippen LogP contribution < -0.4 is 0 Å². The van der Waals surface area contributed by atoms with Gasteiger partial charge in [0.05, 0.1) is 0 Å². The Labute approximate surface area is 95.8 Å². The van der Waals surface area contributed by atoms with E-state index in [0.717, 1.165) is 37.0 Å². The Bertz CT molecular complexity index is 265. The van der Waals surface area contributed by atoms with Gasteiger partial charge >= 0.3 is 5.97 Å². The van der Waals surface area contributed by atoms with Crippen LogP contribution in [0, 0.1) is 23.2 Å². The maximum absolute atomic E-state index is 11.1. The van der Waals surface area contributed by atoms with E-state index in [1.54, 1.807) is 0 Å². The molecule has 2 nitrogen and oxygen atoms in total. The zero-order valence-corrected chi connectivity index (χ0v) is 9.75. The van der Waals surface area contributed by atoms with Crippen molar-refractivity contribution in [1.29, 1.82) is 0 Å². The molecule has 1 unspecified atom stereocenters. The monoisotopic (exact) mass is 226 g/mol. The van der Waals surface area contributed by atoms with E-state index >= 15 is 0 Å². The van der Waals surface area contributed by atoms with Crippen LogP contribution in [-0.2, 0) is 4.79 Å². The maximum atomic E-state index is 11.1. The highest BCUT2D eigenvalue weighted by Gasteiger charge is 2.55. The van der Waals surface area contributed by atoms with Gasteiger partial charge in [-0.05, 0) is 61.7 Å². The first-order valence-corrected chi connectivity index (χ1v) is 6.51. The number of hydrogen-bond donors (Lipinski definition) is 2. The fraction of sp³-hybridized carbons (Fsp3) is 0.917. The Balaban J connectivity index is 1.89. The van der Waals surface area contributed by atoms with Crippen molar-refractivity contribution in [1.82, 2.24) is 0 Å². The summed E-state index contributed by atoms with van der Waals surface area (Å²) in [6.45, 7) is 0. The molecule has 4 bridgehead atoms. The van der Waals surface area contributed by atoms with Crippen LogP contribution in [0.1, 0.15) is 38.5 Å². The summed E-state index contributed by atoms with van der Waals surface area (Å²) in [5.41, 5.74) is 0.0453. The second-order valence-electron chi connectivity index (χ2n) is 6.02. The summed E-state index contributed by atoms with van der Waals surface area (Å²) in [6, 6.07) is 0. The van der Waals surface area contributed by atoms with Gasteiger partial charge in [0.25, 0.3) is 0 Å². The number of carboxylic acid groups (broad SMARTS) is 1. The standard InChI is InChI=1S/C12H18O2S/c13-11(14)10(15)12-4-7-1-8(5-12)3-9(2-7)6-12/h7-10,15H,1-6H2,(H,13,14).